The molecule has 0 aromatic heterocycles. The van der Waals surface area contributed by atoms with E-state index in [4.69, 9.17) is 14.5 Å². The van der Waals surface area contributed by atoms with Gasteiger partial charge < -0.3 is 20.1 Å². The van der Waals surface area contributed by atoms with Crippen LogP contribution in [0.1, 0.15) is 53.4 Å². The summed E-state index contributed by atoms with van der Waals surface area (Å²) in [7, 11) is 0. The highest BCUT2D eigenvalue weighted by Gasteiger charge is 2.37. The van der Waals surface area contributed by atoms with Gasteiger partial charge in [-0.2, -0.15) is 0 Å². The zero-order valence-corrected chi connectivity index (χ0v) is 15.4. The smallest absolute Gasteiger partial charge is 0.191 e. The van der Waals surface area contributed by atoms with E-state index >= 15 is 0 Å². The number of nitrogens with zero attached hydrogens (tertiary/aromatic N) is 1. The first kappa shape index (κ1) is 18.5. The van der Waals surface area contributed by atoms with Crippen molar-refractivity contribution in [3.63, 3.8) is 0 Å². The lowest BCUT2D eigenvalue weighted by molar-refractivity contribution is 0.00890. The average molecular weight is 325 g/mol. The van der Waals surface area contributed by atoms with Crippen LogP contribution < -0.4 is 10.6 Å². The maximum atomic E-state index is 5.94. The Labute approximate surface area is 141 Å². The summed E-state index contributed by atoms with van der Waals surface area (Å²) < 4.78 is 11.6. The minimum Gasteiger partial charge on any atom is -0.378 e. The van der Waals surface area contributed by atoms with E-state index in [2.05, 4.69) is 38.3 Å². The van der Waals surface area contributed by atoms with E-state index in [0.29, 0.717) is 18.1 Å². The van der Waals surface area contributed by atoms with Gasteiger partial charge in [-0.3, -0.25) is 4.99 Å². The molecule has 0 radical (unpaired) electrons. The van der Waals surface area contributed by atoms with Crippen molar-refractivity contribution >= 4 is 5.96 Å². The highest BCUT2D eigenvalue weighted by molar-refractivity contribution is 5.79. The molecule has 23 heavy (non-hydrogen) atoms. The maximum absolute atomic E-state index is 5.94. The van der Waals surface area contributed by atoms with Crippen molar-refractivity contribution in [3.8, 4) is 0 Å². The van der Waals surface area contributed by atoms with E-state index in [1.165, 1.54) is 12.8 Å². The fourth-order valence-electron chi connectivity index (χ4n) is 3.55. The Morgan fingerprint density at radius 2 is 1.96 bits per heavy atom. The molecule has 0 spiro atoms. The molecule has 5 heteroatoms. The minimum absolute atomic E-state index is 0.183. The lowest BCUT2D eigenvalue weighted by atomic mass is 9.81. The molecule has 0 unspecified atom stereocenters. The van der Waals surface area contributed by atoms with Crippen LogP contribution in [0.2, 0.25) is 0 Å². The minimum atomic E-state index is 0.183. The van der Waals surface area contributed by atoms with Crippen LogP contribution in [0, 0.1) is 11.3 Å². The molecule has 2 N–H and O–H groups in total. The Morgan fingerprint density at radius 1 is 1.13 bits per heavy atom. The summed E-state index contributed by atoms with van der Waals surface area (Å²) in [4.78, 5) is 4.80. The van der Waals surface area contributed by atoms with Gasteiger partial charge in [-0.05, 0) is 38.0 Å². The number of hydrogen-bond acceptors (Lipinski definition) is 3. The van der Waals surface area contributed by atoms with Crippen LogP contribution in [0.15, 0.2) is 4.99 Å². The molecule has 2 fully saturated rings. The summed E-state index contributed by atoms with van der Waals surface area (Å²) in [6, 6.07) is 0. The number of nitrogens with one attached hydrogen (secondary N) is 2. The number of aliphatic imine (C=N–C) groups is 1. The van der Waals surface area contributed by atoms with Crippen LogP contribution >= 0.6 is 0 Å². The Hall–Kier alpha value is -0.810. The number of guanidine groups is 1. The Morgan fingerprint density at radius 3 is 2.61 bits per heavy atom. The maximum Gasteiger partial charge on any atom is 0.191 e. The largest absolute Gasteiger partial charge is 0.378 e. The molecule has 0 aliphatic carbocycles. The standard InChI is InChI=1S/C18H35N3O2/c1-5-19-17(20-10-8-15-7-6-11-22-15)21-13-14-9-12-23-16(14)18(2,3)4/h14-16H,5-13H2,1-4H3,(H2,19,20,21)/t14-,15-,16+/m0/s1. The van der Waals surface area contributed by atoms with Crippen molar-refractivity contribution in [2.45, 2.75) is 65.6 Å². The molecular weight excluding hydrogens is 290 g/mol. The Kier molecular flexibility index (Phi) is 7.15. The van der Waals surface area contributed by atoms with Gasteiger partial charge >= 0.3 is 0 Å². The quantitative estimate of drug-likeness (QED) is 0.582. The average Bonchev–Trinajstić information content (AvgIpc) is 3.15. The monoisotopic (exact) mass is 325 g/mol. The van der Waals surface area contributed by atoms with E-state index in [-0.39, 0.29) is 5.41 Å². The lowest BCUT2D eigenvalue weighted by Crippen LogP contribution is -2.39. The van der Waals surface area contributed by atoms with Crippen LogP contribution in [0.4, 0.5) is 0 Å². The van der Waals surface area contributed by atoms with E-state index in [9.17, 15) is 0 Å². The second kappa shape index (κ2) is 8.88. The second-order valence-corrected chi connectivity index (χ2v) is 7.78. The van der Waals surface area contributed by atoms with Gasteiger partial charge in [0, 0.05) is 38.8 Å². The van der Waals surface area contributed by atoms with Crippen LogP contribution in [-0.4, -0.2) is 51.0 Å². The predicted octanol–water partition coefficient (Wildman–Crippen LogP) is 2.56. The third-order valence-corrected chi connectivity index (χ3v) is 4.68. The summed E-state index contributed by atoms with van der Waals surface area (Å²) in [5, 5.41) is 6.79. The summed E-state index contributed by atoms with van der Waals surface area (Å²) in [6.07, 6.45) is 5.30. The van der Waals surface area contributed by atoms with Gasteiger partial charge in [-0.1, -0.05) is 20.8 Å². The van der Waals surface area contributed by atoms with Crippen molar-refractivity contribution in [1.29, 1.82) is 0 Å². The first-order chi connectivity index (χ1) is 11.0. The van der Waals surface area contributed by atoms with Crippen molar-refractivity contribution in [3.05, 3.63) is 0 Å². The Balaban J connectivity index is 1.80. The molecule has 0 aromatic carbocycles. The zero-order chi connectivity index (χ0) is 16.7. The van der Waals surface area contributed by atoms with Gasteiger partial charge in [0.15, 0.2) is 5.96 Å². The van der Waals surface area contributed by atoms with Crippen molar-refractivity contribution in [2.24, 2.45) is 16.3 Å². The molecule has 134 valence electrons. The van der Waals surface area contributed by atoms with Gasteiger partial charge in [0.25, 0.3) is 0 Å². The molecule has 0 bridgehead atoms. The first-order valence-corrected chi connectivity index (χ1v) is 9.26. The topological polar surface area (TPSA) is 54.9 Å². The Bertz CT molecular complexity index is 373. The molecule has 0 aromatic rings. The number of rotatable bonds is 6. The van der Waals surface area contributed by atoms with Gasteiger partial charge in [0.1, 0.15) is 0 Å². The zero-order valence-electron chi connectivity index (χ0n) is 15.4. The van der Waals surface area contributed by atoms with E-state index < -0.39 is 0 Å². The van der Waals surface area contributed by atoms with E-state index in [1.807, 2.05) is 0 Å². The predicted molar refractivity (Wildman–Crippen MR) is 94.9 cm³/mol. The number of ether oxygens (including phenoxy) is 2. The summed E-state index contributed by atoms with van der Waals surface area (Å²) in [5.41, 5.74) is 0.183. The van der Waals surface area contributed by atoms with Gasteiger partial charge in [0.2, 0.25) is 0 Å². The fourth-order valence-corrected chi connectivity index (χ4v) is 3.55. The summed E-state index contributed by atoms with van der Waals surface area (Å²) >= 11 is 0. The highest BCUT2D eigenvalue weighted by atomic mass is 16.5. The molecule has 0 saturated carbocycles. The van der Waals surface area contributed by atoms with Gasteiger partial charge in [0.05, 0.1) is 12.2 Å². The number of hydrogen-bond donors (Lipinski definition) is 2. The molecule has 2 aliphatic rings. The third kappa shape index (κ3) is 5.96. The van der Waals surface area contributed by atoms with Crippen LogP contribution in [0.5, 0.6) is 0 Å². The summed E-state index contributed by atoms with van der Waals surface area (Å²) in [5.74, 6) is 1.44. The van der Waals surface area contributed by atoms with Crippen LogP contribution in [0.3, 0.4) is 0 Å². The molecule has 2 heterocycles. The SMILES string of the molecule is CCNC(=NC[C@@H]1CCO[C@H]1C(C)(C)C)NCC[C@@H]1CCCO1. The van der Waals surface area contributed by atoms with Crippen LogP contribution in [-0.2, 0) is 9.47 Å². The molecular formula is C18H35N3O2. The normalized spacial score (nSPS) is 29.0. The fraction of sp³-hybridized carbons (Fsp3) is 0.944. The molecule has 5 nitrogen and oxygen atoms in total. The molecule has 2 saturated heterocycles. The third-order valence-electron chi connectivity index (χ3n) is 4.68. The molecule has 2 rings (SSSR count). The van der Waals surface area contributed by atoms with Crippen LogP contribution in [0.25, 0.3) is 0 Å². The van der Waals surface area contributed by atoms with Crippen molar-refractivity contribution < 1.29 is 9.47 Å². The van der Waals surface area contributed by atoms with E-state index in [0.717, 1.165) is 51.6 Å². The molecule has 2 aliphatic heterocycles. The summed E-state index contributed by atoms with van der Waals surface area (Å²) in [6.45, 7) is 13.3. The van der Waals surface area contributed by atoms with Crippen molar-refractivity contribution in [1.82, 2.24) is 10.6 Å². The van der Waals surface area contributed by atoms with E-state index in [1.54, 1.807) is 0 Å². The molecule has 3 atom stereocenters. The van der Waals surface area contributed by atoms with Crippen molar-refractivity contribution in [2.75, 3.05) is 32.8 Å². The van der Waals surface area contributed by atoms with Gasteiger partial charge in [-0.15, -0.1) is 0 Å². The second-order valence-electron chi connectivity index (χ2n) is 7.78. The molecule has 0 amide bonds. The first-order valence-electron chi connectivity index (χ1n) is 9.26. The van der Waals surface area contributed by atoms with Gasteiger partial charge in [-0.25, -0.2) is 0 Å². The highest BCUT2D eigenvalue weighted by Crippen LogP contribution is 2.34. The lowest BCUT2D eigenvalue weighted by Gasteiger charge is -2.30.